The molecule has 5 nitrogen and oxygen atoms in total. The Morgan fingerprint density at radius 2 is 2.00 bits per heavy atom. The van der Waals surface area contributed by atoms with Gasteiger partial charge in [-0.05, 0) is 44.9 Å². The van der Waals surface area contributed by atoms with Gasteiger partial charge in [-0.3, -0.25) is 4.79 Å². The number of nitrogens with one attached hydrogen (secondary N) is 1. The number of rotatable bonds is 5. The fourth-order valence-corrected chi connectivity index (χ4v) is 3.80. The van der Waals surface area contributed by atoms with Crippen molar-refractivity contribution in [3.8, 4) is 11.4 Å². The van der Waals surface area contributed by atoms with Gasteiger partial charge in [0.15, 0.2) is 5.13 Å². The van der Waals surface area contributed by atoms with Crippen LogP contribution in [0.3, 0.4) is 0 Å². The molecule has 0 saturated heterocycles. The average Bonchev–Trinajstić information content (AvgIpc) is 3.20. The SMILES string of the molecule is Cc1ccc(Nc2nc(-c3cc(C(N)=O)c(C)n3C3CC3)cs2)cc1. The first-order valence-corrected chi connectivity index (χ1v) is 9.22. The van der Waals surface area contributed by atoms with E-state index in [-0.39, 0.29) is 5.91 Å². The van der Waals surface area contributed by atoms with Crippen molar-refractivity contribution in [3.05, 3.63) is 52.5 Å². The highest BCUT2D eigenvalue weighted by atomic mass is 32.1. The summed E-state index contributed by atoms with van der Waals surface area (Å²) in [7, 11) is 0. The van der Waals surface area contributed by atoms with Crippen LogP contribution in [0, 0.1) is 13.8 Å². The molecule has 3 aromatic rings. The Hall–Kier alpha value is -2.60. The molecular weight excluding hydrogens is 332 g/mol. The summed E-state index contributed by atoms with van der Waals surface area (Å²) < 4.78 is 2.21. The summed E-state index contributed by atoms with van der Waals surface area (Å²) in [6.45, 7) is 4.02. The second kappa shape index (κ2) is 6.04. The maximum absolute atomic E-state index is 11.7. The Bertz CT molecular complexity index is 935. The fraction of sp³-hybridized carbons (Fsp3) is 0.263. The van der Waals surface area contributed by atoms with Crippen LogP contribution >= 0.6 is 11.3 Å². The number of benzene rings is 1. The Morgan fingerprint density at radius 3 is 2.64 bits per heavy atom. The maximum atomic E-state index is 11.7. The summed E-state index contributed by atoms with van der Waals surface area (Å²) in [4.78, 5) is 16.4. The summed E-state index contributed by atoms with van der Waals surface area (Å²) in [6, 6.07) is 10.5. The molecule has 0 aliphatic heterocycles. The Kier molecular flexibility index (Phi) is 3.84. The van der Waals surface area contributed by atoms with E-state index in [0.717, 1.165) is 40.7 Å². The number of carbonyl (C=O) groups is 1. The minimum absolute atomic E-state index is 0.383. The standard InChI is InChI=1S/C19H20N4OS/c1-11-3-5-13(6-4-11)21-19-22-16(10-25-19)17-9-15(18(20)24)12(2)23(17)14-7-8-14/h3-6,9-10,14H,7-8H2,1-2H3,(H2,20,24)(H,21,22). The summed E-state index contributed by atoms with van der Waals surface area (Å²) >= 11 is 1.56. The first-order chi connectivity index (χ1) is 12.0. The molecule has 2 heterocycles. The molecule has 0 unspecified atom stereocenters. The predicted molar refractivity (Wildman–Crippen MR) is 102 cm³/mol. The average molecular weight is 352 g/mol. The van der Waals surface area contributed by atoms with E-state index in [2.05, 4.69) is 28.9 Å². The highest BCUT2D eigenvalue weighted by Gasteiger charge is 2.30. The number of primary amides is 1. The van der Waals surface area contributed by atoms with Crippen LogP contribution in [0.5, 0.6) is 0 Å². The normalized spacial score (nSPS) is 13.8. The maximum Gasteiger partial charge on any atom is 0.250 e. The fourth-order valence-electron chi connectivity index (χ4n) is 3.08. The molecule has 3 N–H and O–H groups in total. The molecule has 0 bridgehead atoms. The molecule has 1 aliphatic rings. The summed E-state index contributed by atoms with van der Waals surface area (Å²) in [6.07, 6.45) is 2.28. The summed E-state index contributed by atoms with van der Waals surface area (Å²) in [5, 5.41) is 6.19. The predicted octanol–water partition coefficient (Wildman–Crippen LogP) is 4.41. The van der Waals surface area contributed by atoms with Gasteiger partial charge in [-0.2, -0.15) is 0 Å². The molecule has 1 aliphatic carbocycles. The molecule has 1 saturated carbocycles. The number of nitrogens with zero attached hydrogens (tertiary/aromatic N) is 2. The molecule has 6 heteroatoms. The van der Waals surface area contributed by atoms with Crippen LogP contribution < -0.4 is 11.1 Å². The van der Waals surface area contributed by atoms with Gasteiger partial charge in [0.25, 0.3) is 5.91 Å². The minimum Gasteiger partial charge on any atom is -0.366 e. The van der Waals surface area contributed by atoms with Crippen molar-refractivity contribution >= 4 is 28.1 Å². The van der Waals surface area contributed by atoms with Crippen molar-refractivity contribution in [1.82, 2.24) is 9.55 Å². The zero-order valence-corrected chi connectivity index (χ0v) is 15.1. The number of hydrogen-bond donors (Lipinski definition) is 2. The third-order valence-electron chi connectivity index (χ3n) is 4.54. The molecule has 0 atom stereocenters. The monoisotopic (exact) mass is 352 g/mol. The second-order valence-electron chi connectivity index (χ2n) is 6.52. The van der Waals surface area contributed by atoms with Crippen LogP contribution in [0.4, 0.5) is 10.8 Å². The number of thiazole rings is 1. The smallest absolute Gasteiger partial charge is 0.250 e. The van der Waals surface area contributed by atoms with E-state index >= 15 is 0 Å². The molecule has 1 amide bonds. The van der Waals surface area contributed by atoms with E-state index in [1.54, 1.807) is 11.3 Å². The van der Waals surface area contributed by atoms with Crippen LogP contribution in [0.15, 0.2) is 35.7 Å². The van der Waals surface area contributed by atoms with Crippen LogP contribution in [0.2, 0.25) is 0 Å². The van der Waals surface area contributed by atoms with E-state index in [9.17, 15) is 4.79 Å². The lowest BCUT2D eigenvalue weighted by molar-refractivity contribution is 0.0999. The van der Waals surface area contributed by atoms with Crippen molar-refractivity contribution in [3.63, 3.8) is 0 Å². The number of nitrogens with two attached hydrogens (primary N) is 1. The van der Waals surface area contributed by atoms with E-state index in [4.69, 9.17) is 10.7 Å². The molecule has 2 aromatic heterocycles. The van der Waals surface area contributed by atoms with Gasteiger partial charge in [-0.25, -0.2) is 4.98 Å². The largest absolute Gasteiger partial charge is 0.366 e. The van der Waals surface area contributed by atoms with Gasteiger partial charge in [-0.1, -0.05) is 17.7 Å². The number of anilines is 2. The molecule has 0 spiro atoms. The van der Waals surface area contributed by atoms with Gasteiger partial charge in [0.1, 0.15) is 0 Å². The molecule has 1 aromatic carbocycles. The van der Waals surface area contributed by atoms with Crippen molar-refractivity contribution in [2.24, 2.45) is 5.73 Å². The third kappa shape index (κ3) is 3.05. The first-order valence-electron chi connectivity index (χ1n) is 8.34. The van der Waals surface area contributed by atoms with Gasteiger partial charge < -0.3 is 15.6 Å². The number of carbonyl (C=O) groups excluding carboxylic acids is 1. The topological polar surface area (TPSA) is 72.9 Å². The lowest BCUT2D eigenvalue weighted by Gasteiger charge is -2.08. The molecule has 25 heavy (non-hydrogen) atoms. The lowest BCUT2D eigenvalue weighted by Crippen LogP contribution is -2.12. The van der Waals surface area contributed by atoms with Crippen LogP contribution in [0.25, 0.3) is 11.4 Å². The van der Waals surface area contributed by atoms with Gasteiger partial charge in [0.05, 0.1) is 17.0 Å². The Balaban J connectivity index is 1.67. The minimum atomic E-state index is -0.383. The number of aryl methyl sites for hydroxylation is 1. The van der Waals surface area contributed by atoms with Crippen molar-refractivity contribution in [2.45, 2.75) is 32.7 Å². The van der Waals surface area contributed by atoms with Gasteiger partial charge in [0.2, 0.25) is 0 Å². The zero-order valence-electron chi connectivity index (χ0n) is 14.2. The molecular formula is C19H20N4OS. The number of hydrogen-bond acceptors (Lipinski definition) is 4. The van der Waals surface area contributed by atoms with Gasteiger partial charge in [0, 0.05) is 22.8 Å². The zero-order chi connectivity index (χ0) is 17.6. The van der Waals surface area contributed by atoms with Gasteiger partial charge in [-0.15, -0.1) is 11.3 Å². The second-order valence-corrected chi connectivity index (χ2v) is 7.38. The lowest BCUT2D eigenvalue weighted by atomic mass is 10.2. The molecule has 4 rings (SSSR count). The van der Waals surface area contributed by atoms with E-state index < -0.39 is 0 Å². The van der Waals surface area contributed by atoms with Crippen molar-refractivity contribution in [1.29, 1.82) is 0 Å². The highest BCUT2D eigenvalue weighted by molar-refractivity contribution is 7.14. The molecule has 0 radical (unpaired) electrons. The van der Waals surface area contributed by atoms with E-state index in [1.165, 1.54) is 5.56 Å². The van der Waals surface area contributed by atoms with Gasteiger partial charge >= 0.3 is 0 Å². The highest BCUT2D eigenvalue weighted by Crippen LogP contribution is 2.42. The molecule has 1 fully saturated rings. The number of amides is 1. The third-order valence-corrected chi connectivity index (χ3v) is 5.30. The van der Waals surface area contributed by atoms with Crippen LogP contribution in [-0.4, -0.2) is 15.5 Å². The number of aromatic nitrogens is 2. The van der Waals surface area contributed by atoms with Crippen molar-refractivity contribution in [2.75, 3.05) is 5.32 Å². The molecule has 128 valence electrons. The van der Waals surface area contributed by atoms with Crippen LogP contribution in [-0.2, 0) is 0 Å². The van der Waals surface area contributed by atoms with E-state index in [1.807, 2.05) is 30.5 Å². The van der Waals surface area contributed by atoms with E-state index in [0.29, 0.717) is 11.6 Å². The quantitative estimate of drug-likeness (QED) is 0.714. The Morgan fingerprint density at radius 1 is 1.28 bits per heavy atom. The van der Waals surface area contributed by atoms with Crippen LogP contribution in [0.1, 0.15) is 40.5 Å². The first kappa shape index (κ1) is 15.9. The summed E-state index contributed by atoms with van der Waals surface area (Å²) in [5.41, 5.74) is 11.1. The summed E-state index contributed by atoms with van der Waals surface area (Å²) in [5.74, 6) is -0.383. The van der Waals surface area contributed by atoms with Crippen molar-refractivity contribution < 1.29 is 4.79 Å². The Labute approximate surface area is 150 Å².